The van der Waals surface area contributed by atoms with Crippen molar-refractivity contribution >= 4 is 11.9 Å². The molecule has 1 N–H and O–H groups in total. The Labute approximate surface area is 125 Å². The summed E-state index contributed by atoms with van der Waals surface area (Å²) in [6.07, 6.45) is 3.35. The van der Waals surface area contributed by atoms with Gasteiger partial charge in [-0.2, -0.15) is 0 Å². The molecular formula is C17H23NO3. The van der Waals surface area contributed by atoms with E-state index in [1.165, 1.54) is 0 Å². The van der Waals surface area contributed by atoms with Gasteiger partial charge in [0, 0.05) is 19.5 Å². The van der Waals surface area contributed by atoms with E-state index in [0.29, 0.717) is 12.8 Å². The van der Waals surface area contributed by atoms with Gasteiger partial charge in [-0.1, -0.05) is 26.0 Å². The molecule has 4 nitrogen and oxygen atoms in total. The number of carboxylic acid groups (broad SMARTS) is 1. The summed E-state index contributed by atoms with van der Waals surface area (Å²) in [5.74, 6) is -0.719. The van der Waals surface area contributed by atoms with E-state index in [4.69, 9.17) is 5.11 Å². The van der Waals surface area contributed by atoms with Crippen LogP contribution in [-0.2, 0) is 11.2 Å². The first-order valence-corrected chi connectivity index (χ1v) is 7.53. The maximum atomic E-state index is 12.2. The van der Waals surface area contributed by atoms with Crippen molar-refractivity contribution in [2.75, 3.05) is 13.1 Å². The van der Waals surface area contributed by atoms with E-state index >= 15 is 0 Å². The molecule has 1 aromatic carbocycles. The zero-order chi connectivity index (χ0) is 15.5. The Hall–Kier alpha value is -1.84. The molecule has 1 aliphatic heterocycles. The van der Waals surface area contributed by atoms with E-state index in [0.717, 1.165) is 31.5 Å². The summed E-state index contributed by atoms with van der Waals surface area (Å²) in [5, 5.41) is 8.85. The quantitative estimate of drug-likeness (QED) is 0.906. The molecule has 0 saturated carbocycles. The molecule has 1 aliphatic rings. The largest absolute Gasteiger partial charge is 0.478 e. The number of nitrogens with zero attached hydrogens (tertiary/aromatic N) is 1. The highest BCUT2D eigenvalue weighted by Crippen LogP contribution is 2.33. The monoisotopic (exact) mass is 289 g/mol. The molecule has 1 saturated heterocycles. The van der Waals surface area contributed by atoms with Gasteiger partial charge >= 0.3 is 5.97 Å². The molecule has 0 aromatic heterocycles. The van der Waals surface area contributed by atoms with Gasteiger partial charge in [-0.3, -0.25) is 4.79 Å². The normalized spacial score (nSPS) is 21.5. The smallest absolute Gasteiger partial charge is 0.335 e. The van der Waals surface area contributed by atoms with Gasteiger partial charge in [0.1, 0.15) is 0 Å². The average Bonchev–Trinajstić information content (AvgIpc) is 2.88. The number of hydrogen-bond acceptors (Lipinski definition) is 2. The second-order valence-electron chi connectivity index (χ2n) is 6.23. The van der Waals surface area contributed by atoms with Crippen LogP contribution in [0.3, 0.4) is 0 Å². The molecule has 0 radical (unpaired) electrons. The van der Waals surface area contributed by atoms with Crippen molar-refractivity contribution in [2.45, 2.75) is 39.5 Å². The fourth-order valence-electron chi connectivity index (χ4n) is 2.75. The minimum Gasteiger partial charge on any atom is -0.478 e. The molecule has 0 bridgehead atoms. The van der Waals surface area contributed by atoms with E-state index < -0.39 is 5.97 Å². The standard InChI is InChI=1S/C17H23NO3/c1-3-17(2)10-11-18(12-17)15(19)9-6-13-4-7-14(8-5-13)16(20)21/h4-5,7-8H,3,6,9-12H2,1-2H3,(H,20,21). The average molecular weight is 289 g/mol. The van der Waals surface area contributed by atoms with E-state index in [1.54, 1.807) is 24.3 Å². The minimum atomic E-state index is -0.923. The van der Waals surface area contributed by atoms with Crippen molar-refractivity contribution in [2.24, 2.45) is 5.41 Å². The fraction of sp³-hybridized carbons (Fsp3) is 0.529. The van der Waals surface area contributed by atoms with Gasteiger partial charge in [-0.15, -0.1) is 0 Å². The van der Waals surface area contributed by atoms with Crippen molar-refractivity contribution in [3.8, 4) is 0 Å². The van der Waals surface area contributed by atoms with E-state index in [1.807, 2.05) is 4.90 Å². The SMILES string of the molecule is CCC1(C)CCN(C(=O)CCc2ccc(C(=O)O)cc2)C1. The van der Waals surface area contributed by atoms with Crippen molar-refractivity contribution in [3.63, 3.8) is 0 Å². The Morgan fingerprint density at radius 2 is 1.95 bits per heavy atom. The number of rotatable bonds is 5. The third kappa shape index (κ3) is 3.84. The number of benzene rings is 1. The van der Waals surface area contributed by atoms with Crippen LogP contribution in [0.25, 0.3) is 0 Å². The van der Waals surface area contributed by atoms with Crippen molar-refractivity contribution in [1.82, 2.24) is 4.90 Å². The summed E-state index contributed by atoms with van der Waals surface area (Å²) >= 11 is 0. The first-order chi connectivity index (χ1) is 9.93. The zero-order valence-electron chi connectivity index (χ0n) is 12.8. The Morgan fingerprint density at radius 1 is 1.29 bits per heavy atom. The third-order valence-electron chi connectivity index (χ3n) is 4.59. The summed E-state index contributed by atoms with van der Waals surface area (Å²) in [6, 6.07) is 6.76. The molecular weight excluding hydrogens is 266 g/mol. The third-order valence-corrected chi connectivity index (χ3v) is 4.59. The lowest BCUT2D eigenvalue weighted by Gasteiger charge is -2.22. The predicted octanol–water partition coefficient (Wildman–Crippen LogP) is 2.97. The summed E-state index contributed by atoms with van der Waals surface area (Å²) in [5.41, 5.74) is 1.56. The number of carbonyl (C=O) groups excluding carboxylic acids is 1. The number of hydrogen-bond donors (Lipinski definition) is 1. The number of aryl methyl sites for hydroxylation is 1. The number of aromatic carboxylic acids is 1. The fourth-order valence-corrected chi connectivity index (χ4v) is 2.75. The lowest BCUT2D eigenvalue weighted by atomic mass is 9.87. The van der Waals surface area contributed by atoms with Crippen LogP contribution < -0.4 is 0 Å². The van der Waals surface area contributed by atoms with Crippen LogP contribution in [0.15, 0.2) is 24.3 Å². The molecule has 1 unspecified atom stereocenters. The molecule has 1 fully saturated rings. The van der Waals surface area contributed by atoms with Crippen LogP contribution in [0.2, 0.25) is 0 Å². The molecule has 0 aliphatic carbocycles. The van der Waals surface area contributed by atoms with Crippen LogP contribution in [0.5, 0.6) is 0 Å². The maximum Gasteiger partial charge on any atom is 0.335 e. The first kappa shape index (κ1) is 15.5. The summed E-state index contributed by atoms with van der Waals surface area (Å²) in [7, 11) is 0. The second kappa shape index (κ2) is 6.29. The highest BCUT2D eigenvalue weighted by Gasteiger charge is 2.33. The Morgan fingerprint density at radius 3 is 2.48 bits per heavy atom. The molecule has 1 amide bonds. The Balaban J connectivity index is 1.86. The molecule has 4 heteroatoms. The molecule has 1 atom stereocenters. The molecule has 1 aromatic rings. The summed E-state index contributed by atoms with van der Waals surface area (Å²) < 4.78 is 0. The first-order valence-electron chi connectivity index (χ1n) is 7.53. The predicted molar refractivity (Wildman–Crippen MR) is 81.3 cm³/mol. The number of likely N-dealkylation sites (tertiary alicyclic amines) is 1. The number of carbonyl (C=O) groups is 2. The van der Waals surface area contributed by atoms with Crippen LogP contribution >= 0.6 is 0 Å². The van der Waals surface area contributed by atoms with Crippen LogP contribution in [0, 0.1) is 5.41 Å². The van der Waals surface area contributed by atoms with Gasteiger partial charge in [-0.05, 0) is 42.4 Å². The molecule has 2 rings (SSSR count). The maximum absolute atomic E-state index is 12.2. The summed E-state index contributed by atoms with van der Waals surface area (Å²) in [6.45, 7) is 6.14. The number of amides is 1. The number of carboxylic acids is 1. The highest BCUT2D eigenvalue weighted by atomic mass is 16.4. The van der Waals surface area contributed by atoms with Crippen LogP contribution in [0.4, 0.5) is 0 Å². The van der Waals surface area contributed by atoms with E-state index in [-0.39, 0.29) is 16.9 Å². The van der Waals surface area contributed by atoms with E-state index in [9.17, 15) is 9.59 Å². The lowest BCUT2D eigenvalue weighted by Crippen LogP contribution is -2.31. The molecule has 114 valence electrons. The molecule has 21 heavy (non-hydrogen) atoms. The second-order valence-corrected chi connectivity index (χ2v) is 6.23. The van der Waals surface area contributed by atoms with Crippen LogP contribution in [0.1, 0.15) is 49.0 Å². The van der Waals surface area contributed by atoms with Gasteiger partial charge in [0.25, 0.3) is 0 Å². The van der Waals surface area contributed by atoms with Crippen molar-refractivity contribution in [3.05, 3.63) is 35.4 Å². The van der Waals surface area contributed by atoms with Gasteiger partial charge in [-0.25, -0.2) is 4.79 Å². The van der Waals surface area contributed by atoms with Crippen molar-refractivity contribution in [1.29, 1.82) is 0 Å². The van der Waals surface area contributed by atoms with Gasteiger partial charge in [0.05, 0.1) is 5.56 Å². The Bertz CT molecular complexity index is 523. The Kier molecular flexibility index (Phi) is 4.66. The highest BCUT2D eigenvalue weighted by molar-refractivity contribution is 5.87. The van der Waals surface area contributed by atoms with Gasteiger partial charge < -0.3 is 10.0 Å². The van der Waals surface area contributed by atoms with Crippen molar-refractivity contribution < 1.29 is 14.7 Å². The molecule has 1 heterocycles. The van der Waals surface area contributed by atoms with Gasteiger partial charge in [0.15, 0.2) is 0 Å². The molecule has 0 spiro atoms. The van der Waals surface area contributed by atoms with Gasteiger partial charge in [0.2, 0.25) is 5.91 Å². The lowest BCUT2D eigenvalue weighted by molar-refractivity contribution is -0.130. The topological polar surface area (TPSA) is 57.6 Å². The zero-order valence-corrected chi connectivity index (χ0v) is 12.8. The van der Waals surface area contributed by atoms with E-state index in [2.05, 4.69) is 13.8 Å². The van der Waals surface area contributed by atoms with Crippen LogP contribution in [-0.4, -0.2) is 35.0 Å². The minimum absolute atomic E-state index is 0.203. The summed E-state index contributed by atoms with van der Waals surface area (Å²) in [4.78, 5) is 25.0.